The molecule has 0 aliphatic heterocycles. The van der Waals surface area contributed by atoms with E-state index >= 15 is 0 Å². The van der Waals surface area contributed by atoms with E-state index in [9.17, 15) is 19.7 Å². The first-order chi connectivity index (χ1) is 8.41. The molecule has 0 unspecified atom stereocenters. The Balaban J connectivity index is 2.76. The maximum atomic E-state index is 11.5. The molecule has 0 aromatic heterocycles. The Hall–Kier alpha value is -2.77. The predicted molar refractivity (Wildman–Crippen MR) is 61.3 cm³/mol. The van der Waals surface area contributed by atoms with Crippen LogP contribution in [0.3, 0.4) is 0 Å². The van der Waals surface area contributed by atoms with Gasteiger partial charge in [-0.1, -0.05) is 0 Å². The summed E-state index contributed by atoms with van der Waals surface area (Å²) in [5.74, 6) is -1.90. The summed E-state index contributed by atoms with van der Waals surface area (Å²) in [5.41, 5.74) is 1.75. The third-order valence-electron chi connectivity index (χ3n) is 1.97. The van der Waals surface area contributed by atoms with Gasteiger partial charge >= 0.3 is 5.97 Å². The van der Waals surface area contributed by atoms with Crippen molar-refractivity contribution in [3.63, 3.8) is 0 Å². The Morgan fingerprint density at radius 1 is 1.33 bits per heavy atom. The van der Waals surface area contributed by atoms with Gasteiger partial charge in [0.2, 0.25) is 0 Å². The number of hydrogen-bond acceptors (Lipinski definition) is 5. The highest BCUT2D eigenvalue weighted by molar-refractivity contribution is 6.34. The summed E-state index contributed by atoms with van der Waals surface area (Å²) < 4.78 is 0. The van der Waals surface area contributed by atoms with E-state index in [0.717, 1.165) is 0 Å². The lowest BCUT2D eigenvalue weighted by Gasteiger charge is -2.00. The molecule has 1 rings (SSSR count). The van der Waals surface area contributed by atoms with Gasteiger partial charge in [0.25, 0.3) is 11.6 Å². The van der Waals surface area contributed by atoms with Crippen molar-refractivity contribution in [3.8, 4) is 0 Å². The number of carboxylic acid groups (broad SMARTS) is 1. The number of aliphatic carboxylic acids is 1. The first-order valence-electron chi connectivity index (χ1n) is 4.74. The van der Waals surface area contributed by atoms with Crippen molar-refractivity contribution in [1.29, 1.82) is 0 Å². The van der Waals surface area contributed by atoms with Gasteiger partial charge in [0.15, 0.2) is 0 Å². The van der Waals surface area contributed by atoms with Gasteiger partial charge in [-0.25, -0.2) is 10.2 Å². The van der Waals surface area contributed by atoms with Crippen molar-refractivity contribution < 1.29 is 19.6 Å². The fourth-order valence-corrected chi connectivity index (χ4v) is 0.982. The Morgan fingerprint density at radius 2 is 1.89 bits per heavy atom. The number of nitrogens with one attached hydrogen (secondary N) is 1. The predicted octanol–water partition coefficient (Wildman–Crippen LogP) is 0.785. The van der Waals surface area contributed by atoms with Crippen LogP contribution in [0, 0.1) is 10.1 Å². The van der Waals surface area contributed by atoms with Crippen LogP contribution in [0.25, 0.3) is 0 Å². The van der Waals surface area contributed by atoms with Gasteiger partial charge in [0, 0.05) is 17.7 Å². The van der Waals surface area contributed by atoms with Gasteiger partial charge in [0.1, 0.15) is 5.71 Å². The normalized spacial score (nSPS) is 10.8. The minimum atomic E-state index is -1.25. The van der Waals surface area contributed by atoms with E-state index in [1.807, 2.05) is 5.43 Å². The molecular formula is C10H9N3O5. The summed E-state index contributed by atoms with van der Waals surface area (Å²) in [6.07, 6.45) is 0. The van der Waals surface area contributed by atoms with E-state index in [2.05, 4.69) is 5.10 Å². The van der Waals surface area contributed by atoms with Gasteiger partial charge in [-0.3, -0.25) is 14.9 Å². The number of amides is 1. The van der Waals surface area contributed by atoms with Crippen molar-refractivity contribution >= 4 is 23.3 Å². The second-order valence-electron chi connectivity index (χ2n) is 3.25. The van der Waals surface area contributed by atoms with Gasteiger partial charge in [-0.05, 0) is 19.1 Å². The van der Waals surface area contributed by atoms with Crippen LogP contribution in [0.15, 0.2) is 29.4 Å². The molecule has 0 fully saturated rings. The van der Waals surface area contributed by atoms with Crippen LogP contribution in [-0.4, -0.2) is 27.6 Å². The molecule has 1 amide bonds. The van der Waals surface area contributed by atoms with Gasteiger partial charge < -0.3 is 5.11 Å². The maximum absolute atomic E-state index is 11.5. The minimum Gasteiger partial charge on any atom is -0.477 e. The van der Waals surface area contributed by atoms with Crippen LogP contribution in [0.5, 0.6) is 0 Å². The monoisotopic (exact) mass is 251 g/mol. The third-order valence-corrected chi connectivity index (χ3v) is 1.97. The standard InChI is InChI=1S/C10H9N3O5/c1-6(10(15)16)11-12-9(14)7-2-4-8(5-3-7)13(17)18/h2-5H,1H3,(H,12,14)(H,15,16)/b11-6+. The minimum absolute atomic E-state index is 0.141. The molecule has 0 radical (unpaired) electrons. The number of nitro groups is 1. The Labute approximate surface area is 101 Å². The highest BCUT2D eigenvalue weighted by atomic mass is 16.6. The van der Waals surface area contributed by atoms with Crippen LogP contribution in [0.4, 0.5) is 5.69 Å². The molecule has 94 valence electrons. The van der Waals surface area contributed by atoms with Crippen LogP contribution in [-0.2, 0) is 4.79 Å². The molecule has 8 heteroatoms. The van der Waals surface area contributed by atoms with E-state index in [0.29, 0.717) is 0 Å². The summed E-state index contributed by atoms with van der Waals surface area (Å²) in [7, 11) is 0. The average molecular weight is 251 g/mol. The summed E-state index contributed by atoms with van der Waals surface area (Å²) in [5, 5.41) is 22.2. The van der Waals surface area contributed by atoms with E-state index in [1.54, 1.807) is 0 Å². The molecule has 0 aliphatic rings. The van der Waals surface area contributed by atoms with Crippen molar-refractivity contribution in [2.75, 3.05) is 0 Å². The van der Waals surface area contributed by atoms with Gasteiger partial charge in [0.05, 0.1) is 4.92 Å². The first kappa shape index (κ1) is 13.3. The molecule has 1 aromatic carbocycles. The highest BCUT2D eigenvalue weighted by Crippen LogP contribution is 2.11. The second kappa shape index (κ2) is 5.53. The van der Waals surface area contributed by atoms with E-state index in [1.165, 1.54) is 31.2 Å². The summed E-state index contributed by atoms with van der Waals surface area (Å²) >= 11 is 0. The number of nitro benzene ring substituents is 1. The number of carbonyl (C=O) groups is 2. The summed E-state index contributed by atoms with van der Waals surface area (Å²) in [4.78, 5) is 31.7. The van der Waals surface area contributed by atoms with Crippen molar-refractivity contribution in [2.45, 2.75) is 6.92 Å². The van der Waals surface area contributed by atoms with Crippen molar-refractivity contribution in [1.82, 2.24) is 5.43 Å². The Bertz CT molecular complexity index is 521. The lowest BCUT2D eigenvalue weighted by Crippen LogP contribution is -2.21. The molecule has 0 aliphatic carbocycles. The van der Waals surface area contributed by atoms with Crippen LogP contribution < -0.4 is 5.43 Å². The van der Waals surface area contributed by atoms with Crippen molar-refractivity contribution in [3.05, 3.63) is 39.9 Å². The molecule has 1 aromatic rings. The quantitative estimate of drug-likeness (QED) is 0.465. The number of benzene rings is 1. The van der Waals surface area contributed by atoms with Crippen LogP contribution in [0.1, 0.15) is 17.3 Å². The summed E-state index contributed by atoms with van der Waals surface area (Å²) in [6.45, 7) is 1.22. The average Bonchev–Trinajstić information content (AvgIpc) is 2.35. The number of hydrogen-bond donors (Lipinski definition) is 2. The number of rotatable bonds is 4. The molecule has 8 nitrogen and oxygen atoms in total. The zero-order valence-corrected chi connectivity index (χ0v) is 9.28. The highest BCUT2D eigenvalue weighted by Gasteiger charge is 2.09. The number of carboxylic acids is 1. The topological polar surface area (TPSA) is 122 Å². The lowest BCUT2D eigenvalue weighted by molar-refractivity contribution is -0.384. The molecule has 2 N–H and O–H groups in total. The largest absolute Gasteiger partial charge is 0.477 e. The smallest absolute Gasteiger partial charge is 0.351 e. The second-order valence-corrected chi connectivity index (χ2v) is 3.25. The fourth-order valence-electron chi connectivity index (χ4n) is 0.982. The van der Waals surface area contributed by atoms with E-state index in [4.69, 9.17) is 5.11 Å². The maximum Gasteiger partial charge on any atom is 0.351 e. The van der Waals surface area contributed by atoms with E-state index in [-0.39, 0.29) is 17.0 Å². The molecule has 0 saturated carbocycles. The molecule has 18 heavy (non-hydrogen) atoms. The Morgan fingerprint density at radius 3 is 2.33 bits per heavy atom. The van der Waals surface area contributed by atoms with Crippen LogP contribution in [0.2, 0.25) is 0 Å². The first-order valence-corrected chi connectivity index (χ1v) is 4.74. The van der Waals surface area contributed by atoms with Crippen molar-refractivity contribution in [2.24, 2.45) is 5.10 Å². The zero-order chi connectivity index (χ0) is 13.7. The molecule has 0 saturated heterocycles. The number of nitrogens with zero attached hydrogens (tertiary/aromatic N) is 2. The number of hydrazone groups is 1. The van der Waals surface area contributed by atoms with Gasteiger partial charge in [-0.2, -0.15) is 5.10 Å². The fraction of sp³-hybridized carbons (Fsp3) is 0.100. The van der Waals surface area contributed by atoms with Gasteiger partial charge in [-0.15, -0.1) is 0 Å². The van der Waals surface area contributed by atoms with Crippen LogP contribution >= 0.6 is 0 Å². The number of carbonyl (C=O) groups excluding carboxylic acids is 1. The molecular weight excluding hydrogens is 242 g/mol. The SMILES string of the molecule is C/C(=N\NC(=O)c1ccc([N+](=O)[O-])cc1)C(=O)O. The van der Waals surface area contributed by atoms with E-state index < -0.39 is 16.8 Å². The lowest BCUT2D eigenvalue weighted by atomic mass is 10.2. The molecule has 0 bridgehead atoms. The number of non-ortho nitro benzene ring substituents is 1. The molecule has 0 heterocycles. The zero-order valence-electron chi connectivity index (χ0n) is 9.28. The molecule has 0 spiro atoms. The molecule has 0 atom stereocenters. The summed E-state index contributed by atoms with van der Waals surface area (Å²) in [6, 6.07) is 4.84. The third kappa shape index (κ3) is 3.37. The Kier molecular flexibility index (Phi) is 4.08.